The molecule has 2 aromatic carbocycles. The molecule has 2 aromatic heterocycles. The predicted molar refractivity (Wildman–Crippen MR) is 127 cm³/mol. The number of carbonyl (C=O) groups is 1. The number of fused-ring (bicyclic) bond motifs is 1. The van der Waals surface area contributed by atoms with Gasteiger partial charge in [0.15, 0.2) is 5.65 Å². The second-order valence-electron chi connectivity index (χ2n) is 8.02. The van der Waals surface area contributed by atoms with Crippen molar-refractivity contribution in [2.75, 3.05) is 18.4 Å². The van der Waals surface area contributed by atoms with Crippen molar-refractivity contribution in [2.24, 2.45) is 0 Å². The first-order valence-corrected chi connectivity index (χ1v) is 11.2. The Morgan fingerprint density at radius 1 is 1.14 bits per heavy atom. The molecule has 0 saturated carbocycles. The Bertz CT molecular complexity index is 1400. The summed E-state index contributed by atoms with van der Waals surface area (Å²) < 4.78 is 58.9. The minimum atomic E-state index is -4.33. The molecular formula is C25H23F4N5O2. The number of amides is 1. The summed E-state index contributed by atoms with van der Waals surface area (Å²) in [6, 6.07) is 12.1. The molecule has 0 spiro atoms. The number of nitrogens with one attached hydrogen (secondary N) is 2. The van der Waals surface area contributed by atoms with E-state index in [4.69, 9.17) is 4.74 Å². The summed E-state index contributed by atoms with van der Waals surface area (Å²) in [6.07, 6.45) is -3.85. The Balaban J connectivity index is 1.75. The van der Waals surface area contributed by atoms with Crippen LogP contribution >= 0.6 is 0 Å². The van der Waals surface area contributed by atoms with E-state index < -0.39 is 18.4 Å². The van der Waals surface area contributed by atoms with Crippen LogP contribution < -0.4 is 15.4 Å². The third kappa shape index (κ3) is 5.73. The first-order valence-electron chi connectivity index (χ1n) is 11.2. The monoisotopic (exact) mass is 501 g/mol. The molecule has 7 nitrogen and oxygen atoms in total. The van der Waals surface area contributed by atoms with Crippen LogP contribution in [0.1, 0.15) is 29.3 Å². The molecule has 0 atom stereocenters. The number of halogens is 4. The van der Waals surface area contributed by atoms with E-state index in [2.05, 4.69) is 20.7 Å². The number of carbonyl (C=O) groups excluding carboxylic acids is 1. The van der Waals surface area contributed by atoms with Gasteiger partial charge >= 0.3 is 6.18 Å². The van der Waals surface area contributed by atoms with Gasteiger partial charge < -0.3 is 15.4 Å². The third-order valence-electron chi connectivity index (χ3n) is 5.29. The van der Waals surface area contributed by atoms with Crippen molar-refractivity contribution in [2.45, 2.75) is 26.4 Å². The van der Waals surface area contributed by atoms with Gasteiger partial charge in [-0.3, -0.25) is 4.79 Å². The van der Waals surface area contributed by atoms with E-state index >= 15 is 0 Å². The average Bonchev–Trinajstić information content (AvgIpc) is 3.22. The molecule has 0 radical (unpaired) electrons. The average molecular weight is 501 g/mol. The van der Waals surface area contributed by atoms with Crippen LogP contribution in [0.4, 0.5) is 23.2 Å². The number of ether oxygens (including phenoxy) is 1. The zero-order valence-electron chi connectivity index (χ0n) is 19.5. The standard InChI is InChI=1S/C25H23F4N5O2/c1-3-30-24(35)19-8-7-16(11-15(19)2)21-14-32-23-20(31-10-9-25(27,28)29)13-22(33-34(21)23)36-18-6-4-5-17(26)12-18/h4-8,11-14,31H,3,9-10H2,1-2H3,(H,30,35). The molecular weight excluding hydrogens is 478 g/mol. The summed E-state index contributed by atoms with van der Waals surface area (Å²) >= 11 is 0. The molecule has 0 bridgehead atoms. The fraction of sp³-hybridized carbons (Fsp3) is 0.240. The van der Waals surface area contributed by atoms with Crippen LogP contribution in [0.5, 0.6) is 11.6 Å². The highest BCUT2D eigenvalue weighted by Gasteiger charge is 2.26. The Labute approximate surface area is 204 Å². The van der Waals surface area contributed by atoms with Crippen LogP contribution in [-0.4, -0.2) is 39.8 Å². The van der Waals surface area contributed by atoms with Gasteiger partial charge in [-0.2, -0.15) is 13.2 Å². The molecule has 0 aliphatic rings. The number of rotatable bonds is 8. The maximum absolute atomic E-state index is 13.6. The second-order valence-corrected chi connectivity index (χ2v) is 8.02. The highest BCUT2D eigenvalue weighted by Crippen LogP contribution is 2.30. The zero-order valence-corrected chi connectivity index (χ0v) is 19.5. The summed E-state index contributed by atoms with van der Waals surface area (Å²) in [5, 5.41) is 9.94. The summed E-state index contributed by atoms with van der Waals surface area (Å²) in [5.74, 6) is -0.507. The Morgan fingerprint density at radius 2 is 1.94 bits per heavy atom. The molecule has 188 valence electrons. The smallest absolute Gasteiger partial charge is 0.390 e. The predicted octanol–water partition coefficient (Wildman–Crippen LogP) is 5.75. The van der Waals surface area contributed by atoms with Crippen molar-refractivity contribution < 1.29 is 27.1 Å². The Hall–Kier alpha value is -4.15. The van der Waals surface area contributed by atoms with Crippen LogP contribution in [0.3, 0.4) is 0 Å². The fourth-order valence-corrected chi connectivity index (χ4v) is 3.65. The zero-order chi connectivity index (χ0) is 25.9. The fourth-order valence-electron chi connectivity index (χ4n) is 3.65. The van der Waals surface area contributed by atoms with Crippen molar-refractivity contribution in [1.29, 1.82) is 0 Å². The van der Waals surface area contributed by atoms with E-state index in [1.165, 1.54) is 41.0 Å². The van der Waals surface area contributed by atoms with E-state index in [1.54, 1.807) is 25.1 Å². The molecule has 0 aliphatic carbocycles. The van der Waals surface area contributed by atoms with Gasteiger partial charge in [0.05, 0.1) is 24.0 Å². The van der Waals surface area contributed by atoms with Crippen LogP contribution in [0, 0.1) is 12.7 Å². The van der Waals surface area contributed by atoms with E-state index in [9.17, 15) is 22.4 Å². The number of hydrogen-bond donors (Lipinski definition) is 2. The molecule has 2 heterocycles. The van der Waals surface area contributed by atoms with Gasteiger partial charge in [-0.25, -0.2) is 13.9 Å². The highest BCUT2D eigenvalue weighted by atomic mass is 19.4. The van der Waals surface area contributed by atoms with Gasteiger partial charge in [0.25, 0.3) is 5.91 Å². The van der Waals surface area contributed by atoms with Gasteiger partial charge in [0, 0.05) is 36.3 Å². The van der Waals surface area contributed by atoms with Gasteiger partial charge in [-0.05, 0) is 43.7 Å². The number of aromatic nitrogens is 3. The van der Waals surface area contributed by atoms with Crippen molar-refractivity contribution in [3.63, 3.8) is 0 Å². The molecule has 1 amide bonds. The highest BCUT2D eigenvalue weighted by molar-refractivity contribution is 5.96. The lowest BCUT2D eigenvalue weighted by molar-refractivity contribution is -0.131. The molecule has 2 N–H and O–H groups in total. The maximum Gasteiger partial charge on any atom is 0.390 e. The number of alkyl halides is 3. The lowest BCUT2D eigenvalue weighted by Gasteiger charge is -2.13. The van der Waals surface area contributed by atoms with Gasteiger partial charge in [-0.15, -0.1) is 5.10 Å². The number of hydrogen-bond acceptors (Lipinski definition) is 5. The number of aryl methyl sites for hydroxylation is 1. The van der Waals surface area contributed by atoms with Gasteiger partial charge in [0.1, 0.15) is 11.6 Å². The van der Waals surface area contributed by atoms with Crippen LogP contribution in [0.15, 0.2) is 54.7 Å². The molecule has 11 heteroatoms. The number of imidazole rings is 1. The summed E-state index contributed by atoms with van der Waals surface area (Å²) in [7, 11) is 0. The number of benzene rings is 2. The SMILES string of the molecule is CCNC(=O)c1ccc(-c2cnc3c(NCCC(F)(F)F)cc(Oc4cccc(F)c4)nn23)cc1C. The first-order chi connectivity index (χ1) is 17.1. The molecule has 0 saturated heterocycles. The number of nitrogens with zero attached hydrogens (tertiary/aromatic N) is 3. The molecule has 0 unspecified atom stereocenters. The van der Waals surface area contributed by atoms with Crippen molar-refractivity contribution in [3.8, 4) is 22.9 Å². The lowest BCUT2D eigenvalue weighted by atomic mass is 10.0. The minimum Gasteiger partial charge on any atom is -0.437 e. The summed E-state index contributed by atoms with van der Waals surface area (Å²) in [5.41, 5.74) is 3.01. The van der Waals surface area contributed by atoms with Crippen LogP contribution in [0.25, 0.3) is 16.9 Å². The largest absolute Gasteiger partial charge is 0.437 e. The van der Waals surface area contributed by atoms with Crippen molar-refractivity contribution in [3.05, 3.63) is 71.7 Å². The van der Waals surface area contributed by atoms with Gasteiger partial charge in [-0.1, -0.05) is 12.1 Å². The van der Waals surface area contributed by atoms with E-state index in [1.807, 2.05) is 6.92 Å². The van der Waals surface area contributed by atoms with Gasteiger partial charge in [0.2, 0.25) is 5.88 Å². The Kier molecular flexibility index (Phi) is 7.09. The maximum atomic E-state index is 13.6. The van der Waals surface area contributed by atoms with Crippen LogP contribution in [0.2, 0.25) is 0 Å². The van der Waals surface area contributed by atoms with Crippen molar-refractivity contribution in [1.82, 2.24) is 19.9 Å². The third-order valence-corrected chi connectivity index (χ3v) is 5.29. The van der Waals surface area contributed by atoms with E-state index in [0.29, 0.717) is 23.4 Å². The molecule has 0 aliphatic heterocycles. The van der Waals surface area contributed by atoms with Crippen LogP contribution in [-0.2, 0) is 0 Å². The second kappa shape index (κ2) is 10.2. The normalized spacial score (nSPS) is 11.5. The summed E-state index contributed by atoms with van der Waals surface area (Å²) in [4.78, 5) is 16.6. The van der Waals surface area contributed by atoms with Crippen molar-refractivity contribution >= 4 is 17.2 Å². The van der Waals surface area contributed by atoms with E-state index in [-0.39, 0.29) is 35.4 Å². The molecule has 36 heavy (non-hydrogen) atoms. The lowest BCUT2D eigenvalue weighted by Crippen LogP contribution is -2.23. The molecule has 0 fully saturated rings. The number of anilines is 1. The first kappa shape index (κ1) is 25.0. The quantitative estimate of drug-likeness (QED) is 0.301. The molecule has 4 rings (SSSR count). The molecule has 4 aromatic rings. The Morgan fingerprint density at radius 3 is 2.64 bits per heavy atom. The van der Waals surface area contributed by atoms with E-state index in [0.717, 1.165) is 5.56 Å². The topological polar surface area (TPSA) is 80.5 Å². The summed E-state index contributed by atoms with van der Waals surface area (Å²) in [6.45, 7) is 3.74. The minimum absolute atomic E-state index is 0.0255.